The molecule has 1 saturated heterocycles. The van der Waals surface area contributed by atoms with E-state index < -0.39 is 11.6 Å². The van der Waals surface area contributed by atoms with Crippen LogP contribution < -0.4 is 4.90 Å². The number of aromatic nitrogens is 2. The number of nitrogens with zero attached hydrogens (tertiary/aromatic N) is 4. The van der Waals surface area contributed by atoms with Crippen molar-refractivity contribution in [3.05, 3.63) is 54.0 Å². The van der Waals surface area contributed by atoms with Crippen LogP contribution in [0.15, 0.2) is 36.8 Å². The molecule has 1 saturated carbocycles. The van der Waals surface area contributed by atoms with Gasteiger partial charge in [-0.3, -0.25) is 4.79 Å². The van der Waals surface area contributed by atoms with Crippen LogP contribution in [-0.4, -0.2) is 45.9 Å². The first-order valence-electron chi connectivity index (χ1n) is 9.38. The SMILES string of the molecule is O=C(Cc1ccc(F)cc1F)N1CCC(N(c2ccncn2)C2CC2)CC1. The summed E-state index contributed by atoms with van der Waals surface area (Å²) in [5.41, 5.74) is 0.240. The first-order chi connectivity index (χ1) is 13.1. The van der Waals surface area contributed by atoms with E-state index in [1.54, 1.807) is 17.4 Å². The van der Waals surface area contributed by atoms with Gasteiger partial charge in [0.1, 0.15) is 23.8 Å². The van der Waals surface area contributed by atoms with Crippen molar-refractivity contribution in [2.75, 3.05) is 18.0 Å². The number of carbonyl (C=O) groups excluding carboxylic acids is 1. The summed E-state index contributed by atoms with van der Waals surface area (Å²) in [6.45, 7) is 1.28. The highest BCUT2D eigenvalue weighted by atomic mass is 19.1. The molecule has 4 rings (SSSR count). The van der Waals surface area contributed by atoms with Crippen LogP contribution in [0.3, 0.4) is 0 Å². The Morgan fingerprint density at radius 2 is 1.85 bits per heavy atom. The van der Waals surface area contributed by atoms with Gasteiger partial charge in [0.25, 0.3) is 0 Å². The Labute approximate surface area is 157 Å². The lowest BCUT2D eigenvalue weighted by Crippen LogP contribution is -2.48. The van der Waals surface area contributed by atoms with Gasteiger partial charge < -0.3 is 9.80 Å². The number of hydrogen-bond donors (Lipinski definition) is 0. The van der Waals surface area contributed by atoms with Gasteiger partial charge in [-0.2, -0.15) is 0 Å². The quantitative estimate of drug-likeness (QED) is 0.810. The third-order valence-electron chi connectivity index (χ3n) is 5.34. The van der Waals surface area contributed by atoms with E-state index in [1.165, 1.54) is 25.0 Å². The van der Waals surface area contributed by atoms with E-state index in [9.17, 15) is 13.6 Å². The average Bonchev–Trinajstić information content (AvgIpc) is 3.51. The lowest BCUT2D eigenvalue weighted by molar-refractivity contribution is -0.131. The van der Waals surface area contributed by atoms with E-state index in [1.807, 2.05) is 6.07 Å². The van der Waals surface area contributed by atoms with Crippen molar-refractivity contribution < 1.29 is 13.6 Å². The van der Waals surface area contributed by atoms with Crippen LogP contribution >= 0.6 is 0 Å². The van der Waals surface area contributed by atoms with Crippen LogP contribution in [0.1, 0.15) is 31.2 Å². The molecular formula is C20H22F2N4O. The number of likely N-dealkylation sites (tertiary alicyclic amines) is 1. The highest BCUT2D eigenvalue weighted by Crippen LogP contribution is 2.35. The maximum atomic E-state index is 13.8. The molecule has 2 fully saturated rings. The molecule has 2 aliphatic rings. The number of carbonyl (C=O) groups is 1. The fourth-order valence-electron chi connectivity index (χ4n) is 3.79. The second kappa shape index (κ2) is 7.58. The molecule has 2 aromatic rings. The minimum absolute atomic E-state index is 0.0327. The Kier molecular flexibility index (Phi) is 5.01. The summed E-state index contributed by atoms with van der Waals surface area (Å²) in [5.74, 6) is -0.457. The van der Waals surface area contributed by atoms with Crippen molar-refractivity contribution >= 4 is 11.7 Å². The van der Waals surface area contributed by atoms with Crippen LogP contribution in [0, 0.1) is 11.6 Å². The normalized spacial score (nSPS) is 17.8. The molecule has 0 bridgehead atoms. The standard InChI is InChI=1S/C20H22F2N4O/c21-15-2-1-14(18(22)12-15)11-20(27)25-9-6-17(7-10-25)26(16-3-4-16)19-5-8-23-13-24-19/h1-2,5,8,12-13,16-17H,3-4,6-7,9-11H2. The molecule has 1 aromatic heterocycles. The molecule has 1 amide bonds. The molecule has 5 nitrogen and oxygen atoms in total. The van der Waals surface area contributed by atoms with Gasteiger partial charge in [0.2, 0.25) is 5.91 Å². The van der Waals surface area contributed by atoms with Gasteiger partial charge in [0, 0.05) is 37.4 Å². The third kappa shape index (κ3) is 4.07. The van der Waals surface area contributed by atoms with Gasteiger partial charge in [-0.25, -0.2) is 18.7 Å². The van der Waals surface area contributed by atoms with Crippen molar-refractivity contribution in [1.29, 1.82) is 0 Å². The van der Waals surface area contributed by atoms with Crippen molar-refractivity contribution in [3.8, 4) is 0 Å². The van der Waals surface area contributed by atoms with E-state index in [0.717, 1.165) is 24.7 Å². The summed E-state index contributed by atoms with van der Waals surface area (Å²) in [7, 11) is 0. The van der Waals surface area contributed by atoms with Gasteiger partial charge >= 0.3 is 0 Å². The summed E-state index contributed by atoms with van der Waals surface area (Å²) in [6.07, 6.45) is 7.36. The number of benzene rings is 1. The maximum Gasteiger partial charge on any atom is 0.227 e. The molecule has 1 aromatic carbocycles. The molecular weight excluding hydrogens is 350 g/mol. The molecule has 0 spiro atoms. The number of anilines is 1. The fraction of sp³-hybridized carbons (Fsp3) is 0.450. The molecule has 7 heteroatoms. The van der Waals surface area contributed by atoms with E-state index in [4.69, 9.17) is 0 Å². The second-order valence-corrected chi connectivity index (χ2v) is 7.23. The van der Waals surface area contributed by atoms with E-state index in [-0.39, 0.29) is 17.9 Å². The van der Waals surface area contributed by atoms with Gasteiger partial charge in [0.05, 0.1) is 6.42 Å². The Morgan fingerprint density at radius 3 is 2.48 bits per heavy atom. The first kappa shape index (κ1) is 17.8. The van der Waals surface area contributed by atoms with Crippen molar-refractivity contribution in [2.45, 2.75) is 44.2 Å². The number of piperidine rings is 1. The van der Waals surface area contributed by atoms with Gasteiger partial charge in [-0.15, -0.1) is 0 Å². The predicted octanol–water partition coefficient (Wildman–Crippen LogP) is 2.96. The number of rotatable bonds is 5. The van der Waals surface area contributed by atoms with Crippen LogP contribution in [0.4, 0.5) is 14.6 Å². The molecule has 1 aliphatic heterocycles. The smallest absolute Gasteiger partial charge is 0.227 e. The highest BCUT2D eigenvalue weighted by molar-refractivity contribution is 5.79. The van der Waals surface area contributed by atoms with Gasteiger partial charge in [0.15, 0.2) is 0 Å². The lowest BCUT2D eigenvalue weighted by Gasteiger charge is -2.39. The summed E-state index contributed by atoms with van der Waals surface area (Å²) < 4.78 is 26.8. The fourth-order valence-corrected chi connectivity index (χ4v) is 3.79. The summed E-state index contributed by atoms with van der Waals surface area (Å²) in [6, 6.07) is 6.17. The summed E-state index contributed by atoms with van der Waals surface area (Å²) in [4.78, 5) is 25.1. The largest absolute Gasteiger partial charge is 0.350 e. The summed E-state index contributed by atoms with van der Waals surface area (Å²) in [5, 5.41) is 0. The molecule has 0 unspecified atom stereocenters. The monoisotopic (exact) mass is 372 g/mol. The zero-order valence-corrected chi connectivity index (χ0v) is 15.0. The third-order valence-corrected chi connectivity index (χ3v) is 5.34. The zero-order chi connectivity index (χ0) is 18.8. The highest BCUT2D eigenvalue weighted by Gasteiger charge is 2.37. The van der Waals surface area contributed by atoms with Gasteiger partial charge in [-0.1, -0.05) is 6.07 Å². The van der Waals surface area contributed by atoms with E-state index in [0.29, 0.717) is 25.2 Å². The number of halogens is 2. The molecule has 142 valence electrons. The molecule has 0 radical (unpaired) electrons. The Morgan fingerprint density at radius 1 is 1.11 bits per heavy atom. The van der Waals surface area contributed by atoms with Crippen LogP contribution in [0.5, 0.6) is 0 Å². The zero-order valence-electron chi connectivity index (χ0n) is 15.0. The topological polar surface area (TPSA) is 49.3 Å². The summed E-state index contributed by atoms with van der Waals surface area (Å²) >= 11 is 0. The predicted molar refractivity (Wildman–Crippen MR) is 97.2 cm³/mol. The first-order valence-corrected chi connectivity index (χ1v) is 9.38. The Bertz CT molecular complexity index is 805. The van der Waals surface area contributed by atoms with Crippen molar-refractivity contribution in [1.82, 2.24) is 14.9 Å². The van der Waals surface area contributed by atoms with E-state index >= 15 is 0 Å². The van der Waals surface area contributed by atoms with Crippen molar-refractivity contribution in [2.24, 2.45) is 0 Å². The van der Waals surface area contributed by atoms with Gasteiger partial charge in [-0.05, 0) is 43.4 Å². The van der Waals surface area contributed by atoms with Crippen LogP contribution in [0.25, 0.3) is 0 Å². The molecule has 1 aliphatic carbocycles. The van der Waals surface area contributed by atoms with Crippen LogP contribution in [-0.2, 0) is 11.2 Å². The van der Waals surface area contributed by atoms with Crippen LogP contribution in [0.2, 0.25) is 0 Å². The maximum absolute atomic E-state index is 13.8. The van der Waals surface area contributed by atoms with Crippen molar-refractivity contribution in [3.63, 3.8) is 0 Å². The molecule has 0 N–H and O–H groups in total. The number of hydrogen-bond acceptors (Lipinski definition) is 4. The Balaban J connectivity index is 1.37. The Hall–Kier alpha value is -2.57. The molecule has 27 heavy (non-hydrogen) atoms. The minimum atomic E-state index is -0.665. The molecule has 0 atom stereocenters. The average molecular weight is 372 g/mol. The second-order valence-electron chi connectivity index (χ2n) is 7.23. The number of amides is 1. The molecule has 2 heterocycles. The lowest BCUT2D eigenvalue weighted by atomic mass is 10.0. The van der Waals surface area contributed by atoms with E-state index in [2.05, 4.69) is 14.9 Å². The minimum Gasteiger partial charge on any atom is -0.350 e.